The number of aromatic nitrogens is 1. The molecule has 0 aliphatic carbocycles. The van der Waals surface area contributed by atoms with E-state index in [-0.39, 0.29) is 12.8 Å². The smallest absolute Gasteiger partial charge is 0.317 e. The van der Waals surface area contributed by atoms with Gasteiger partial charge in [-0.3, -0.25) is 0 Å². The van der Waals surface area contributed by atoms with Gasteiger partial charge in [0.15, 0.2) is 11.5 Å². The van der Waals surface area contributed by atoms with E-state index in [4.69, 9.17) is 9.47 Å². The van der Waals surface area contributed by atoms with Crippen LogP contribution in [0.2, 0.25) is 0 Å². The molecule has 0 spiro atoms. The van der Waals surface area contributed by atoms with E-state index in [1.165, 1.54) is 0 Å². The molecule has 1 aromatic heterocycles. The Morgan fingerprint density at radius 1 is 1.11 bits per heavy atom. The predicted octanol–water partition coefficient (Wildman–Crippen LogP) is 3.00. The number of fused-ring (bicyclic) bond motifs is 1. The largest absolute Gasteiger partial charge is 0.454 e. The SMILES string of the molecule is CCN(CC)c1ccc(CNC(=O)N(C)Cc2ccc3c(c2)OCO3)cn1. The molecule has 1 aliphatic heterocycles. The van der Waals surface area contributed by atoms with Crippen LogP contribution in [-0.2, 0) is 13.1 Å². The second kappa shape index (κ2) is 8.62. The molecule has 0 atom stereocenters. The van der Waals surface area contributed by atoms with Gasteiger partial charge < -0.3 is 24.6 Å². The Balaban J connectivity index is 1.51. The van der Waals surface area contributed by atoms with Gasteiger partial charge in [0.05, 0.1) is 0 Å². The molecular weight excluding hydrogens is 344 g/mol. The highest BCUT2D eigenvalue weighted by molar-refractivity contribution is 5.73. The number of hydrogen-bond donors (Lipinski definition) is 1. The number of benzene rings is 1. The summed E-state index contributed by atoms with van der Waals surface area (Å²) in [5.41, 5.74) is 1.96. The second-order valence-electron chi connectivity index (χ2n) is 6.40. The van der Waals surface area contributed by atoms with Crippen LogP contribution in [0, 0.1) is 0 Å². The molecule has 1 N–H and O–H groups in total. The maximum absolute atomic E-state index is 12.4. The number of hydrogen-bond acceptors (Lipinski definition) is 5. The first-order valence-corrected chi connectivity index (χ1v) is 9.18. The third-order valence-electron chi connectivity index (χ3n) is 4.54. The zero-order valence-corrected chi connectivity index (χ0v) is 16.1. The van der Waals surface area contributed by atoms with Crippen LogP contribution in [-0.4, -0.2) is 42.8 Å². The minimum atomic E-state index is -0.138. The fraction of sp³-hybridized carbons (Fsp3) is 0.400. The fourth-order valence-corrected chi connectivity index (χ4v) is 2.95. The van der Waals surface area contributed by atoms with Gasteiger partial charge in [0, 0.05) is 39.4 Å². The van der Waals surface area contributed by atoms with Crippen molar-refractivity contribution in [2.75, 3.05) is 31.8 Å². The van der Waals surface area contributed by atoms with Gasteiger partial charge >= 0.3 is 6.03 Å². The lowest BCUT2D eigenvalue weighted by Gasteiger charge is -2.20. The highest BCUT2D eigenvalue weighted by Crippen LogP contribution is 2.32. The number of carbonyl (C=O) groups excluding carboxylic acids is 1. The molecule has 2 aromatic rings. The van der Waals surface area contributed by atoms with Crippen molar-refractivity contribution in [3.8, 4) is 11.5 Å². The number of ether oxygens (including phenoxy) is 2. The molecule has 0 radical (unpaired) electrons. The molecule has 0 saturated carbocycles. The average molecular weight is 370 g/mol. The van der Waals surface area contributed by atoms with E-state index in [0.717, 1.165) is 41.5 Å². The summed E-state index contributed by atoms with van der Waals surface area (Å²) in [6.07, 6.45) is 1.81. The van der Waals surface area contributed by atoms with Crippen molar-refractivity contribution in [3.63, 3.8) is 0 Å². The van der Waals surface area contributed by atoms with E-state index >= 15 is 0 Å². The molecule has 7 nitrogen and oxygen atoms in total. The maximum atomic E-state index is 12.4. The van der Waals surface area contributed by atoms with Crippen molar-refractivity contribution in [1.82, 2.24) is 15.2 Å². The molecule has 0 saturated heterocycles. The number of pyridine rings is 1. The van der Waals surface area contributed by atoms with Gasteiger partial charge in [0.25, 0.3) is 0 Å². The van der Waals surface area contributed by atoms with Gasteiger partial charge in [-0.15, -0.1) is 0 Å². The predicted molar refractivity (Wildman–Crippen MR) is 104 cm³/mol. The number of anilines is 1. The lowest BCUT2D eigenvalue weighted by atomic mass is 10.2. The van der Waals surface area contributed by atoms with Gasteiger partial charge in [-0.2, -0.15) is 0 Å². The maximum Gasteiger partial charge on any atom is 0.317 e. The third-order valence-corrected chi connectivity index (χ3v) is 4.54. The topological polar surface area (TPSA) is 66.9 Å². The first-order chi connectivity index (χ1) is 13.1. The van der Waals surface area contributed by atoms with Crippen LogP contribution >= 0.6 is 0 Å². The van der Waals surface area contributed by atoms with Crippen molar-refractivity contribution in [1.29, 1.82) is 0 Å². The molecule has 1 aliphatic rings. The monoisotopic (exact) mass is 370 g/mol. The van der Waals surface area contributed by atoms with Gasteiger partial charge in [-0.1, -0.05) is 12.1 Å². The molecule has 0 fully saturated rings. The summed E-state index contributed by atoms with van der Waals surface area (Å²) in [7, 11) is 1.77. The number of rotatable bonds is 7. The van der Waals surface area contributed by atoms with Crippen molar-refractivity contribution < 1.29 is 14.3 Å². The zero-order chi connectivity index (χ0) is 19.2. The molecular formula is C20H26N4O3. The minimum Gasteiger partial charge on any atom is -0.454 e. The van der Waals surface area contributed by atoms with E-state index in [1.54, 1.807) is 11.9 Å². The minimum absolute atomic E-state index is 0.138. The Kier molecular flexibility index (Phi) is 6.01. The van der Waals surface area contributed by atoms with E-state index < -0.39 is 0 Å². The standard InChI is InChI=1S/C20H26N4O3/c1-4-24(5-2)19-9-7-16(11-21-19)12-22-20(25)23(3)13-15-6-8-17-18(10-15)27-14-26-17/h6-11H,4-5,12-14H2,1-3H3,(H,22,25). The molecule has 1 aromatic carbocycles. The van der Waals surface area contributed by atoms with Gasteiger partial charge in [0.1, 0.15) is 5.82 Å². The van der Waals surface area contributed by atoms with Crippen LogP contribution in [0.25, 0.3) is 0 Å². The lowest BCUT2D eigenvalue weighted by Crippen LogP contribution is -2.36. The number of urea groups is 1. The van der Waals surface area contributed by atoms with Crippen LogP contribution < -0.4 is 19.7 Å². The quantitative estimate of drug-likeness (QED) is 0.812. The molecule has 0 unspecified atom stereocenters. The van der Waals surface area contributed by atoms with Gasteiger partial charge in [-0.25, -0.2) is 9.78 Å². The average Bonchev–Trinajstić information content (AvgIpc) is 3.16. The van der Waals surface area contributed by atoms with Gasteiger partial charge in [0.2, 0.25) is 6.79 Å². The molecule has 3 rings (SSSR count). The van der Waals surface area contributed by atoms with E-state index in [9.17, 15) is 4.79 Å². The molecule has 27 heavy (non-hydrogen) atoms. The summed E-state index contributed by atoms with van der Waals surface area (Å²) in [5, 5.41) is 2.93. The van der Waals surface area contributed by atoms with Crippen molar-refractivity contribution in [3.05, 3.63) is 47.7 Å². The van der Waals surface area contributed by atoms with Crippen LogP contribution in [0.4, 0.5) is 10.6 Å². The van der Waals surface area contributed by atoms with E-state index in [1.807, 2.05) is 36.5 Å². The molecule has 144 valence electrons. The first kappa shape index (κ1) is 18.8. The van der Waals surface area contributed by atoms with E-state index in [0.29, 0.717) is 13.1 Å². The zero-order valence-electron chi connectivity index (χ0n) is 16.1. The highest BCUT2D eigenvalue weighted by Gasteiger charge is 2.15. The van der Waals surface area contributed by atoms with Crippen molar-refractivity contribution in [2.45, 2.75) is 26.9 Å². The van der Waals surface area contributed by atoms with Gasteiger partial charge in [-0.05, 0) is 43.2 Å². The Morgan fingerprint density at radius 2 is 1.85 bits per heavy atom. The molecule has 0 bridgehead atoms. The molecule has 2 amide bonds. The van der Waals surface area contributed by atoms with Crippen LogP contribution in [0.15, 0.2) is 36.5 Å². The first-order valence-electron chi connectivity index (χ1n) is 9.18. The summed E-state index contributed by atoms with van der Waals surface area (Å²) in [4.78, 5) is 20.6. The fourth-order valence-electron chi connectivity index (χ4n) is 2.95. The Labute approximate surface area is 159 Å². The Bertz CT molecular complexity index is 775. The number of nitrogens with zero attached hydrogens (tertiary/aromatic N) is 3. The second-order valence-corrected chi connectivity index (χ2v) is 6.40. The van der Waals surface area contributed by atoms with Crippen molar-refractivity contribution in [2.24, 2.45) is 0 Å². The lowest BCUT2D eigenvalue weighted by molar-refractivity contribution is 0.174. The van der Waals surface area contributed by atoms with E-state index in [2.05, 4.69) is 29.0 Å². The summed E-state index contributed by atoms with van der Waals surface area (Å²) >= 11 is 0. The number of carbonyl (C=O) groups is 1. The number of nitrogens with one attached hydrogen (secondary N) is 1. The van der Waals surface area contributed by atoms with Crippen LogP contribution in [0.3, 0.4) is 0 Å². The Morgan fingerprint density at radius 3 is 2.56 bits per heavy atom. The summed E-state index contributed by atoms with van der Waals surface area (Å²) < 4.78 is 10.7. The summed E-state index contributed by atoms with van der Waals surface area (Å²) in [6, 6.07) is 9.56. The molecule has 2 heterocycles. The normalized spacial score (nSPS) is 12.0. The van der Waals surface area contributed by atoms with Crippen molar-refractivity contribution >= 4 is 11.8 Å². The summed E-state index contributed by atoms with van der Waals surface area (Å²) in [6.45, 7) is 7.23. The third kappa shape index (κ3) is 4.61. The Hall–Kier alpha value is -2.96. The van der Waals surface area contributed by atoms with Crippen LogP contribution in [0.1, 0.15) is 25.0 Å². The summed E-state index contributed by atoms with van der Waals surface area (Å²) in [5.74, 6) is 2.42. The molecule has 7 heteroatoms. The number of amides is 2. The highest BCUT2D eigenvalue weighted by atomic mass is 16.7. The van der Waals surface area contributed by atoms with Crippen LogP contribution in [0.5, 0.6) is 11.5 Å².